The molecule has 0 heterocycles. The number of nitrogens with one attached hydrogen (secondary N) is 1. The van der Waals surface area contributed by atoms with E-state index in [-0.39, 0.29) is 25.1 Å². The van der Waals surface area contributed by atoms with Gasteiger partial charge in [-0.25, -0.2) is 4.79 Å². The van der Waals surface area contributed by atoms with Gasteiger partial charge in [-0.1, -0.05) is 18.2 Å². The van der Waals surface area contributed by atoms with Crippen LogP contribution in [-0.4, -0.2) is 46.3 Å². The summed E-state index contributed by atoms with van der Waals surface area (Å²) in [5, 5.41) is 20.5. The molecule has 116 valence electrons. The van der Waals surface area contributed by atoms with E-state index in [0.29, 0.717) is 24.2 Å². The molecule has 0 saturated heterocycles. The fraction of sp³-hybridized carbons (Fsp3) is 0.467. The molecule has 0 fully saturated rings. The highest BCUT2D eigenvalue weighted by molar-refractivity contribution is 5.91. The van der Waals surface area contributed by atoms with Crippen molar-refractivity contribution in [1.82, 2.24) is 4.90 Å². The molecule has 1 rings (SSSR count). The summed E-state index contributed by atoms with van der Waals surface area (Å²) in [4.78, 5) is 24.7. The van der Waals surface area contributed by atoms with E-state index in [2.05, 4.69) is 5.32 Å². The normalized spacial score (nSPS) is 10.5. The molecule has 0 aliphatic rings. The number of aliphatic carboxylic acids is 1. The zero-order valence-corrected chi connectivity index (χ0v) is 12.4. The maximum Gasteiger partial charge on any atom is 0.322 e. The van der Waals surface area contributed by atoms with E-state index in [4.69, 9.17) is 10.2 Å². The standard InChI is InChI=1S/C15H22N2O4/c1-11(2)17(8-5-9-18)15(21)16-13-7-4-3-6-12(13)10-14(19)20/h3-4,6-7,11,18H,5,8-10H2,1-2H3,(H,16,21)(H,19,20). The maximum atomic E-state index is 12.3. The largest absolute Gasteiger partial charge is 0.481 e. The number of para-hydroxylation sites is 1. The van der Waals surface area contributed by atoms with Crippen LogP contribution in [-0.2, 0) is 11.2 Å². The van der Waals surface area contributed by atoms with Gasteiger partial charge in [0.25, 0.3) is 0 Å². The Morgan fingerprint density at radius 2 is 1.95 bits per heavy atom. The minimum absolute atomic E-state index is 0.0109. The molecule has 3 N–H and O–H groups in total. The molecule has 0 aliphatic carbocycles. The summed E-state index contributed by atoms with van der Waals surface area (Å²) in [5.74, 6) is -0.947. The number of urea groups is 1. The number of nitrogens with zero attached hydrogens (tertiary/aromatic N) is 1. The van der Waals surface area contributed by atoms with Crippen molar-refractivity contribution in [3.8, 4) is 0 Å². The van der Waals surface area contributed by atoms with Crippen LogP contribution in [0.4, 0.5) is 10.5 Å². The fourth-order valence-corrected chi connectivity index (χ4v) is 1.98. The summed E-state index contributed by atoms with van der Waals surface area (Å²) < 4.78 is 0. The van der Waals surface area contributed by atoms with Crippen LogP contribution in [0.15, 0.2) is 24.3 Å². The third kappa shape index (κ3) is 5.43. The smallest absolute Gasteiger partial charge is 0.322 e. The van der Waals surface area contributed by atoms with Crippen molar-refractivity contribution in [1.29, 1.82) is 0 Å². The molecular formula is C15H22N2O4. The van der Waals surface area contributed by atoms with Gasteiger partial charge in [-0.2, -0.15) is 0 Å². The third-order valence-electron chi connectivity index (χ3n) is 3.04. The lowest BCUT2D eigenvalue weighted by atomic mass is 10.1. The second kappa shape index (κ2) is 8.26. The molecule has 0 aromatic heterocycles. The van der Waals surface area contributed by atoms with Crippen molar-refractivity contribution in [2.75, 3.05) is 18.5 Å². The molecule has 1 aromatic rings. The van der Waals surface area contributed by atoms with Gasteiger partial charge in [0.1, 0.15) is 0 Å². The topological polar surface area (TPSA) is 89.9 Å². The van der Waals surface area contributed by atoms with Crippen LogP contribution in [0.5, 0.6) is 0 Å². The Kier molecular flexibility index (Phi) is 6.68. The zero-order valence-electron chi connectivity index (χ0n) is 12.4. The highest BCUT2D eigenvalue weighted by atomic mass is 16.4. The van der Waals surface area contributed by atoms with E-state index in [1.165, 1.54) is 0 Å². The van der Waals surface area contributed by atoms with Crippen molar-refractivity contribution < 1.29 is 19.8 Å². The Morgan fingerprint density at radius 3 is 2.52 bits per heavy atom. The number of hydrogen-bond acceptors (Lipinski definition) is 3. The van der Waals surface area contributed by atoms with Gasteiger partial charge >= 0.3 is 12.0 Å². The molecule has 0 bridgehead atoms. The van der Waals surface area contributed by atoms with Crippen LogP contribution < -0.4 is 5.32 Å². The number of carboxylic acid groups (broad SMARTS) is 1. The van der Waals surface area contributed by atoms with Gasteiger partial charge < -0.3 is 20.4 Å². The molecule has 21 heavy (non-hydrogen) atoms. The predicted molar refractivity (Wildman–Crippen MR) is 80.3 cm³/mol. The van der Waals surface area contributed by atoms with E-state index in [1.807, 2.05) is 13.8 Å². The van der Waals surface area contributed by atoms with Gasteiger partial charge in [0.15, 0.2) is 0 Å². The molecule has 0 atom stereocenters. The van der Waals surface area contributed by atoms with E-state index >= 15 is 0 Å². The summed E-state index contributed by atoms with van der Waals surface area (Å²) in [6.45, 7) is 4.24. The Labute approximate surface area is 124 Å². The predicted octanol–water partition coefficient (Wildman–Crippen LogP) is 1.94. The average molecular weight is 294 g/mol. The molecule has 1 aromatic carbocycles. The third-order valence-corrected chi connectivity index (χ3v) is 3.04. The monoisotopic (exact) mass is 294 g/mol. The lowest BCUT2D eigenvalue weighted by Crippen LogP contribution is -2.41. The van der Waals surface area contributed by atoms with Gasteiger partial charge in [0, 0.05) is 24.9 Å². The summed E-state index contributed by atoms with van der Waals surface area (Å²) in [7, 11) is 0. The number of amides is 2. The van der Waals surface area contributed by atoms with E-state index < -0.39 is 5.97 Å². The molecule has 0 unspecified atom stereocenters. The van der Waals surface area contributed by atoms with Gasteiger partial charge in [-0.05, 0) is 31.9 Å². The van der Waals surface area contributed by atoms with E-state index in [1.54, 1.807) is 29.2 Å². The maximum absolute atomic E-state index is 12.3. The van der Waals surface area contributed by atoms with Crippen molar-refractivity contribution in [2.24, 2.45) is 0 Å². The van der Waals surface area contributed by atoms with Crippen LogP contribution >= 0.6 is 0 Å². The molecule has 0 radical (unpaired) electrons. The molecular weight excluding hydrogens is 272 g/mol. The van der Waals surface area contributed by atoms with Crippen LogP contribution in [0.1, 0.15) is 25.8 Å². The first-order valence-electron chi connectivity index (χ1n) is 6.94. The number of anilines is 1. The first-order chi connectivity index (χ1) is 9.95. The fourth-order valence-electron chi connectivity index (χ4n) is 1.98. The molecule has 6 heteroatoms. The Balaban J connectivity index is 2.83. The number of carbonyl (C=O) groups excluding carboxylic acids is 1. The van der Waals surface area contributed by atoms with Crippen molar-refractivity contribution >= 4 is 17.7 Å². The van der Waals surface area contributed by atoms with Crippen LogP contribution in [0.2, 0.25) is 0 Å². The number of aliphatic hydroxyl groups is 1. The van der Waals surface area contributed by atoms with Crippen LogP contribution in [0.25, 0.3) is 0 Å². The second-order valence-corrected chi connectivity index (χ2v) is 5.02. The first-order valence-corrected chi connectivity index (χ1v) is 6.94. The van der Waals surface area contributed by atoms with Crippen LogP contribution in [0, 0.1) is 0 Å². The van der Waals surface area contributed by atoms with E-state index in [9.17, 15) is 9.59 Å². The highest BCUT2D eigenvalue weighted by Crippen LogP contribution is 2.17. The Hall–Kier alpha value is -2.08. The first kappa shape index (κ1) is 17.0. The minimum atomic E-state index is -0.947. The average Bonchev–Trinajstić information content (AvgIpc) is 2.40. The van der Waals surface area contributed by atoms with E-state index in [0.717, 1.165) is 0 Å². The SMILES string of the molecule is CC(C)N(CCCO)C(=O)Nc1ccccc1CC(=O)O. The summed E-state index contributed by atoms with van der Waals surface area (Å²) >= 11 is 0. The molecule has 6 nitrogen and oxygen atoms in total. The zero-order chi connectivity index (χ0) is 15.8. The lowest BCUT2D eigenvalue weighted by molar-refractivity contribution is -0.136. The summed E-state index contributed by atoms with van der Waals surface area (Å²) in [6.07, 6.45) is 0.358. The summed E-state index contributed by atoms with van der Waals surface area (Å²) in [6, 6.07) is 6.53. The van der Waals surface area contributed by atoms with Gasteiger partial charge in [0.05, 0.1) is 6.42 Å². The van der Waals surface area contributed by atoms with Gasteiger partial charge in [0.2, 0.25) is 0 Å². The van der Waals surface area contributed by atoms with Crippen molar-refractivity contribution in [3.63, 3.8) is 0 Å². The number of carboxylic acids is 1. The number of benzene rings is 1. The lowest BCUT2D eigenvalue weighted by Gasteiger charge is -2.27. The Bertz CT molecular complexity index is 488. The number of rotatable bonds is 7. The van der Waals surface area contributed by atoms with Gasteiger partial charge in [-0.15, -0.1) is 0 Å². The van der Waals surface area contributed by atoms with Crippen LogP contribution in [0.3, 0.4) is 0 Å². The number of aliphatic hydroxyl groups excluding tert-OH is 1. The highest BCUT2D eigenvalue weighted by Gasteiger charge is 2.17. The summed E-state index contributed by atoms with van der Waals surface area (Å²) in [5.41, 5.74) is 1.06. The van der Waals surface area contributed by atoms with Gasteiger partial charge in [-0.3, -0.25) is 4.79 Å². The second-order valence-electron chi connectivity index (χ2n) is 5.02. The Morgan fingerprint density at radius 1 is 1.29 bits per heavy atom. The number of hydrogen-bond donors (Lipinski definition) is 3. The molecule has 2 amide bonds. The van der Waals surface area contributed by atoms with Crippen molar-refractivity contribution in [2.45, 2.75) is 32.7 Å². The molecule has 0 saturated carbocycles. The minimum Gasteiger partial charge on any atom is -0.481 e. The molecule has 0 spiro atoms. The quantitative estimate of drug-likeness (QED) is 0.717. The molecule has 0 aliphatic heterocycles. The number of carbonyl (C=O) groups is 2. The van der Waals surface area contributed by atoms with Crippen molar-refractivity contribution in [3.05, 3.63) is 29.8 Å².